The van der Waals surface area contributed by atoms with E-state index in [4.69, 9.17) is 71.0 Å². The molecule has 0 unspecified atom stereocenters. The Morgan fingerprint density at radius 2 is 0.400 bits per heavy atom. The van der Waals surface area contributed by atoms with E-state index in [0.717, 1.165) is 0 Å². The molecule has 0 saturated carbocycles. The molecule has 0 rings (SSSR count). The van der Waals surface area contributed by atoms with Gasteiger partial charge in [-0.15, -0.1) is 0 Å². The molecule has 15 heavy (non-hydrogen) atoms. The van der Waals surface area contributed by atoms with E-state index in [2.05, 4.69) is 0 Å². The predicted octanol–water partition coefficient (Wildman–Crippen LogP) is -2.42. The van der Waals surface area contributed by atoms with Gasteiger partial charge in [-0.25, -0.2) is 0 Å². The molecule has 0 aromatic rings. The second kappa shape index (κ2) is 12800. The SMILES string of the molecule is [C-]#N.[C-]#N.[C-]#N.[C-]#N.[C-]#N.[C-]#N.[Fe+3].[K+].[Ni+2]. The minimum atomic E-state index is 0. The van der Waals surface area contributed by atoms with Gasteiger partial charge in [0, 0.05) is 0 Å². The van der Waals surface area contributed by atoms with E-state index < -0.39 is 0 Å². The molecule has 0 bridgehead atoms. The Morgan fingerprint density at radius 1 is 0.400 bits per heavy atom. The fourth-order valence-electron chi connectivity index (χ4n) is 0. The van der Waals surface area contributed by atoms with Crippen molar-refractivity contribution < 1.29 is 84.9 Å². The predicted molar refractivity (Wildman–Crippen MR) is 29.8 cm³/mol. The summed E-state index contributed by atoms with van der Waals surface area (Å²) in [7, 11) is 0. The number of rotatable bonds is 0. The molecule has 0 atom stereocenters. The van der Waals surface area contributed by atoms with Crippen molar-refractivity contribution in [1.29, 1.82) is 31.6 Å². The largest absolute Gasteiger partial charge is 3.00 e. The summed E-state index contributed by atoms with van der Waals surface area (Å²) in [4.78, 5) is 0. The van der Waals surface area contributed by atoms with Gasteiger partial charge in [-0.3, -0.25) is 0 Å². The third kappa shape index (κ3) is 10800. The third-order valence-electron chi connectivity index (χ3n) is 0. The second-order valence-electron chi connectivity index (χ2n) is 0. The van der Waals surface area contributed by atoms with Gasteiger partial charge in [0.05, 0.1) is 0 Å². The zero-order chi connectivity index (χ0) is 12.0. The summed E-state index contributed by atoms with van der Waals surface area (Å²) in [5, 5.41) is 37.5. The summed E-state index contributed by atoms with van der Waals surface area (Å²) in [5.74, 6) is 0. The Morgan fingerprint density at radius 3 is 0.400 bits per heavy atom. The molecule has 73 valence electrons. The third-order valence-corrected chi connectivity index (χ3v) is 0. The van der Waals surface area contributed by atoms with Crippen LogP contribution >= 0.6 is 0 Å². The molecule has 0 aliphatic rings. The second-order valence-corrected chi connectivity index (χ2v) is 0. The van der Waals surface area contributed by atoms with Crippen LogP contribution in [0.5, 0.6) is 0 Å². The fraction of sp³-hybridized carbons (Fsp3) is 0. The van der Waals surface area contributed by atoms with Crippen molar-refractivity contribution in [2.24, 2.45) is 0 Å². The van der Waals surface area contributed by atoms with Crippen molar-refractivity contribution in [1.82, 2.24) is 0 Å². The number of hydrogen-bond donors (Lipinski definition) is 0. The van der Waals surface area contributed by atoms with E-state index in [1.165, 1.54) is 0 Å². The molecule has 0 N–H and O–H groups in total. The minimum absolute atomic E-state index is 0. The van der Waals surface area contributed by atoms with E-state index in [1.54, 1.807) is 0 Å². The maximum atomic E-state index is 6.25. The molecule has 0 spiro atoms. The van der Waals surface area contributed by atoms with Crippen molar-refractivity contribution in [3.05, 3.63) is 39.4 Å². The molecule has 0 aromatic heterocycles. The van der Waals surface area contributed by atoms with Gasteiger partial charge in [-0.05, 0) is 0 Å². The summed E-state index contributed by atoms with van der Waals surface area (Å²) in [6.45, 7) is 28.5. The van der Waals surface area contributed by atoms with E-state index in [9.17, 15) is 0 Å². The molecule has 0 saturated heterocycles. The van der Waals surface area contributed by atoms with Gasteiger partial charge in [0.25, 0.3) is 0 Å². The average Bonchev–Trinajstić information content (AvgIpc) is 2.33. The van der Waals surface area contributed by atoms with Crippen LogP contribution in [0.1, 0.15) is 0 Å². The minimum Gasteiger partial charge on any atom is -0.512 e. The van der Waals surface area contributed by atoms with Crippen LogP contribution in [0.15, 0.2) is 0 Å². The maximum absolute atomic E-state index is 6.25. The van der Waals surface area contributed by atoms with E-state index >= 15 is 0 Å². The zero-order valence-electron chi connectivity index (χ0n) is 7.35. The Hall–Kier alpha value is -0.411. The van der Waals surface area contributed by atoms with Gasteiger partial charge in [0.2, 0.25) is 0 Å². The summed E-state index contributed by atoms with van der Waals surface area (Å²) < 4.78 is 0. The van der Waals surface area contributed by atoms with Crippen molar-refractivity contribution in [2.75, 3.05) is 0 Å². The molecule has 0 aliphatic carbocycles. The van der Waals surface area contributed by atoms with Crippen molar-refractivity contribution in [3.8, 4) is 0 Å². The molecule has 0 aliphatic heterocycles. The molecule has 0 fully saturated rings. The van der Waals surface area contributed by atoms with Gasteiger partial charge in [0.15, 0.2) is 0 Å². The van der Waals surface area contributed by atoms with Crippen LogP contribution in [0, 0.1) is 71.0 Å². The van der Waals surface area contributed by atoms with Crippen molar-refractivity contribution in [3.63, 3.8) is 0 Å². The molecule has 9 heteroatoms. The van der Waals surface area contributed by atoms with Crippen LogP contribution in [0.3, 0.4) is 0 Å². The molecule has 6 nitrogen and oxygen atoms in total. The van der Waals surface area contributed by atoms with Crippen LogP contribution in [0.4, 0.5) is 0 Å². The first kappa shape index (κ1) is 86.2. The summed E-state index contributed by atoms with van der Waals surface area (Å²) in [6, 6.07) is 0. The van der Waals surface area contributed by atoms with Crippen molar-refractivity contribution >= 4 is 0 Å². The van der Waals surface area contributed by atoms with Gasteiger partial charge >= 0.3 is 84.9 Å². The molecule has 1 radical (unpaired) electrons. The van der Waals surface area contributed by atoms with Crippen molar-refractivity contribution in [2.45, 2.75) is 0 Å². The first-order chi connectivity index (χ1) is 6.00. The quantitative estimate of drug-likeness (QED) is 0.360. The fourth-order valence-corrected chi connectivity index (χ4v) is 0. The Bertz CT molecular complexity index is 103. The van der Waals surface area contributed by atoms with E-state index in [1.807, 2.05) is 0 Å². The van der Waals surface area contributed by atoms with Gasteiger partial charge in [-0.1, -0.05) is 0 Å². The summed E-state index contributed by atoms with van der Waals surface area (Å²) in [6.07, 6.45) is 0. The van der Waals surface area contributed by atoms with E-state index in [-0.39, 0.29) is 84.9 Å². The monoisotopic (exact) mass is 309 g/mol. The normalized spacial score (nSPS) is 0.800. The average molecular weight is 310 g/mol. The topological polar surface area (TPSA) is 143 Å². The molecular formula is C6FeKN6Ni. The molecule has 0 aromatic carbocycles. The van der Waals surface area contributed by atoms with E-state index in [0.29, 0.717) is 0 Å². The Balaban J connectivity index is -0.00000000396. The molecule has 0 heterocycles. The van der Waals surface area contributed by atoms with Crippen LogP contribution in [0.25, 0.3) is 0 Å². The number of nitrogens with zero attached hydrogens (tertiary/aromatic N) is 6. The first-order valence-electron chi connectivity index (χ1n) is 1.34. The summed E-state index contributed by atoms with van der Waals surface area (Å²) >= 11 is 0. The zero-order valence-corrected chi connectivity index (χ0v) is 12.6. The standard InChI is InChI=1S/6CN.Fe.K.Ni/c6*1-2;;;/q6*-1;+3;+1;+2. The van der Waals surface area contributed by atoms with Crippen LogP contribution in [-0.4, -0.2) is 0 Å². The smallest absolute Gasteiger partial charge is 0.512 e. The van der Waals surface area contributed by atoms with Gasteiger partial charge in [-0.2, -0.15) is 0 Å². The number of hydrogen-bond acceptors (Lipinski definition) is 6. The van der Waals surface area contributed by atoms with Crippen LogP contribution in [0.2, 0.25) is 0 Å². The van der Waals surface area contributed by atoms with Gasteiger partial charge in [0.1, 0.15) is 0 Å². The van der Waals surface area contributed by atoms with Gasteiger partial charge < -0.3 is 71.0 Å². The first-order valence-corrected chi connectivity index (χ1v) is 1.34. The molecule has 0 amide bonds. The maximum Gasteiger partial charge on any atom is 3.00 e. The summed E-state index contributed by atoms with van der Waals surface area (Å²) in [5.41, 5.74) is 0. The van der Waals surface area contributed by atoms with Crippen LogP contribution in [-0.2, 0) is 33.6 Å². The Kier molecular flexibility index (Phi) is 73400. The Labute approximate surface area is 154 Å². The molecular weight excluding hydrogens is 310 g/mol. The van der Waals surface area contributed by atoms with Crippen LogP contribution < -0.4 is 51.4 Å².